The third-order valence-electron chi connectivity index (χ3n) is 5.24. The van der Waals surface area contributed by atoms with Crippen molar-refractivity contribution < 1.29 is 9.18 Å². The quantitative estimate of drug-likeness (QED) is 0.505. The van der Waals surface area contributed by atoms with E-state index in [4.69, 9.17) is 0 Å². The van der Waals surface area contributed by atoms with Crippen LogP contribution in [0.25, 0.3) is 0 Å². The summed E-state index contributed by atoms with van der Waals surface area (Å²) in [6, 6.07) is 6.51. The maximum absolute atomic E-state index is 13.1. The molecule has 1 fully saturated rings. The zero-order chi connectivity index (χ0) is 22.2. The minimum Gasteiger partial charge on any atom is -0.368 e. The summed E-state index contributed by atoms with van der Waals surface area (Å²) in [6.07, 6.45) is 0.413. The van der Waals surface area contributed by atoms with Crippen molar-refractivity contribution in [2.75, 3.05) is 44.2 Å². The highest BCUT2D eigenvalue weighted by atomic mass is 32.1. The molecule has 1 aromatic carbocycles. The number of guanidine groups is 1. The van der Waals surface area contributed by atoms with Gasteiger partial charge in [0.05, 0.1) is 12.2 Å². The van der Waals surface area contributed by atoms with Crippen molar-refractivity contribution in [1.29, 1.82) is 0 Å². The number of anilines is 1. The molecule has 9 heteroatoms. The third-order valence-corrected chi connectivity index (χ3v) is 6.30. The summed E-state index contributed by atoms with van der Waals surface area (Å²) < 4.78 is 13.1. The molecule has 168 valence electrons. The van der Waals surface area contributed by atoms with Crippen molar-refractivity contribution in [3.63, 3.8) is 0 Å². The second kappa shape index (κ2) is 11.1. The van der Waals surface area contributed by atoms with E-state index in [1.165, 1.54) is 17.0 Å². The van der Waals surface area contributed by atoms with E-state index in [0.29, 0.717) is 38.6 Å². The highest BCUT2D eigenvalue weighted by molar-refractivity contribution is 7.11. The van der Waals surface area contributed by atoms with Crippen LogP contribution in [0.15, 0.2) is 29.3 Å². The van der Waals surface area contributed by atoms with Crippen LogP contribution in [0.4, 0.5) is 10.1 Å². The molecule has 2 N–H and O–H groups in total. The van der Waals surface area contributed by atoms with E-state index in [0.717, 1.165) is 36.0 Å². The molecule has 3 rings (SSSR count). The topological polar surface area (TPSA) is 72.9 Å². The van der Waals surface area contributed by atoms with Gasteiger partial charge in [0.1, 0.15) is 10.8 Å². The highest BCUT2D eigenvalue weighted by Gasteiger charge is 2.21. The van der Waals surface area contributed by atoms with Crippen molar-refractivity contribution in [3.05, 3.63) is 45.7 Å². The Hall–Kier alpha value is -2.68. The van der Waals surface area contributed by atoms with Crippen LogP contribution in [-0.2, 0) is 11.3 Å². The van der Waals surface area contributed by atoms with Crippen LogP contribution in [0, 0.1) is 19.7 Å². The van der Waals surface area contributed by atoms with Gasteiger partial charge >= 0.3 is 0 Å². The Balaban J connectivity index is 1.42. The van der Waals surface area contributed by atoms with E-state index < -0.39 is 0 Å². The highest BCUT2D eigenvalue weighted by Crippen LogP contribution is 2.18. The molecule has 1 aromatic heterocycles. The molecule has 0 atom stereocenters. The number of thiazole rings is 1. The van der Waals surface area contributed by atoms with Crippen LogP contribution >= 0.6 is 11.3 Å². The van der Waals surface area contributed by atoms with Gasteiger partial charge in [-0.2, -0.15) is 0 Å². The summed E-state index contributed by atoms with van der Waals surface area (Å²) in [5.74, 6) is 0.595. The summed E-state index contributed by atoms with van der Waals surface area (Å²) in [4.78, 5) is 27.0. The number of carbonyl (C=O) groups is 1. The number of nitrogens with zero attached hydrogens (tertiary/aromatic N) is 4. The van der Waals surface area contributed by atoms with E-state index in [1.54, 1.807) is 23.5 Å². The van der Waals surface area contributed by atoms with Gasteiger partial charge in [-0.05, 0) is 45.0 Å². The molecule has 1 aliphatic rings. The van der Waals surface area contributed by atoms with Gasteiger partial charge in [0.15, 0.2) is 5.96 Å². The molecule has 0 bridgehead atoms. The average Bonchev–Trinajstić information content (AvgIpc) is 3.10. The predicted octanol–water partition coefficient (Wildman–Crippen LogP) is 2.69. The first-order valence-corrected chi connectivity index (χ1v) is 11.5. The Morgan fingerprint density at radius 3 is 2.48 bits per heavy atom. The number of hydrogen-bond donors (Lipinski definition) is 2. The minimum absolute atomic E-state index is 0.133. The molecule has 7 nitrogen and oxygen atoms in total. The Morgan fingerprint density at radius 1 is 1.16 bits per heavy atom. The van der Waals surface area contributed by atoms with Crippen LogP contribution in [0.2, 0.25) is 0 Å². The second-order valence-electron chi connectivity index (χ2n) is 7.47. The van der Waals surface area contributed by atoms with Crippen LogP contribution < -0.4 is 15.5 Å². The maximum Gasteiger partial charge on any atom is 0.224 e. The number of halogens is 1. The molecule has 0 spiro atoms. The number of hydrogen-bond acceptors (Lipinski definition) is 5. The molecule has 1 aliphatic heterocycles. The predicted molar refractivity (Wildman–Crippen MR) is 124 cm³/mol. The van der Waals surface area contributed by atoms with Gasteiger partial charge in [0.25, 0.3) is 0 Å². The Morgan fingerprint density at radius 2 is 1.87 bits per heavy atom. The summed E-state index contributed by atoms with van der Waals surface area (Å²) in [5, 5.41) is 7.45. The SMILES string of the molecule is CCNC(=NCc1nc(C)c(C)s1)NCCC(=O)N1CCN(c2ccc(F)cc2)CC1. The van der Waals surface area contributed by atoms with Gasteiger partial charge in [-0.15, -0.1) is 11.3 Å². The van der Waals surface area contributed by atoms with Crippen molar-refractivity contribution >= 4 is 28.9 Å². The second-order valence-corrected chi connectivity index (χ2v) is 8.75. The molecule has 1 saturated heterocycles. The van der Waals surface area contributed by atoms with E-state index >= 15 is 0 Å². The number of aliphatic imine (C=N–C) groups is 1. The Labute approximate surface area is 187 Å². The molecular weight excluding hydrogens is 415 g/mol. The van der Waals surface area contributed by atoms with Crippen LogP contribution in [0.5, 0.6) is 0 Å². The molecular formula is C22H31FN6OS. The number of nitrogens with one attached hydrogen (secondary N) is 2. The standard InChI is InChI=1S/C22H31FN6OS/c1-4-24-22(26-15-20-27-16(2)17(3)31-20)25-10-9-21(30)29-13-11-28(12-14-29)19-7-5-18(23)6-8-19/h5-8H,4,9-15H2,1-3H3,(H2,24,25,26). The van der Waals surface area contributed by atoms with Gasteiger partial charge in [-0.3, -0.25) is 4.79 Å². The average molecular weight is 447 g/mol. The van der Waals surface area contributed by atoms with E-state index in [1.807, 2.05) is 18.7 Å². The van der Waals surface area contributed by atoms with E-state index in [-0.39, 0.29) is 11.7 Å². The van der Waals surface area contributed by atoms with Gasteiger partial charge in [0.2, 0.25) is 5.91 Å². The molecule has 0 aliphatic carbocycles. The third kappa shape index (κ3) is 6.65. The lowest BCUT2D eigenvalue weighted by Gasteiger charge is -2.36. The van der Waals surface area contributed by atoms with E-state index in [9.17, 15) is 9.18 Å². The molecule has 31 heavy (non-hydrogen) atoms. The van der Waals surface area contributed by atoms with Crippen molar-refractivity contribution in [1.82, 2.24) is 20.5 Å². The molecule has 2 aromatic rings. The zero-order valence-corrected chi connectivity index (χ0v) is 19.3. The fourth-order valence-electron chi connectivity index (χ4n) is 3.41. The fourth-order valence-corrected chi connectivity index (χ4v) is 4.27. The number of rotatable bonds is 7. The zero-order valence-electron chi connectivity index (χ0n) is 18.4. The van der Waals surface area contributed by atoms with Crippen molar-refractivity contribution in [3.8, 4) is 0 Å². The largest absolute Gasteiger partial charge is 0.368 e. The molecule has 1 amide bonds. The number of piperazine rings is 1. The first-order chi connectivity index (χ1) is 15.0. The maximum atomic E-state index is 13.1. The number of amides is 1. The first kappa shape index (κ1) is 23.0. The lowest BCUT2D eigenvalue weighted by molar-refractivity contribution is -0.131. The number of carbonyl (C=O) groups excluding carboxylic acids is 1. The molecule has 0 unspecified atom stereocenters. The van der Waals surface area contributed by atoms with Crippen LogP contribution in [0.3, 0.4) is 0 Å². The lowest BCUT2D eigenvalue weighted by atomic mass is 10.2. The van der Waals surface area contributed by atoms with Crippen LogP contribution in [-0.4, -0.2) is 61.0 Å². The van der Waals surface area contributed by atoms with Crippen LogP contribution in [0.1, 0.15) is 28.9 Å². The first-order valence-electron chi connectivity index (χ1n) is 10.7. The Kier molecular flexibility index (Phi) is 8.22. The van der Waals surface area contributed by atoms with Gasteiger partial charge < -0.3 is 20.4 Å². The fraction of sp³-hybridized carbons (Fsp3) is 0.500. The van der Waals surface area contributed by atoms with Crippen molar-refractivity contribution in [2.45, 2.75) is 33.7 Å². The van der Waals surface area contributed by atoms with Gasteiger partial charge in [0, 0.05) is 56.3 Å². The lowest BCUT2D eigenvalue weighted by Crippen LogP contribution is -2.49. The van der Waals surface area contributed by atoms with Gasteiger partial charge in [-0.1, -0.05) is 0 Å². The molecule has 0 saturated carbocycles. The van der Waals surface area contributed by atoms with Gasteiger partial charge in [-0.25, -0.2) is 14.4 Å². The minimum atomic E-state index is -0.234. The molecule has 2 heterocycles. The number of aromatic nitrogens is 1. The Bertz CT molecular complexity index is 870. The number of benzene rings is 1. The monoisotopic (exact) mass is 446 g/mol. The van der Waals surface area contributed by atoms with E-state index in [2.05, 4.69) is 32.4 Å². The summed E-state index contributed by atoms with van der Waals surface area (Å²) in [5.41, 5.74) is 2.05. The smallest absolute Gasteiger partial charge is 0.224 e. The summed E-state index contributed by atoms with van der Waals surface area (Å²) >= 11 is 1.66. The van der Waals surface area contributed by atoms with Crippen molar-refractivity contribution in [2.24, 2.45) is 4.99 Å². The summed E-state index contributed by atoms with van der Waals surface area (Å²) in [7, 11) is 0. The summed E-state index contributed by atoms with van der Waals surface area (Å²) in [6.45, 7) is 10.7. The number of aryl methyl sites for hydroxylation is 2. The normalized spacial score (nSPS) is 14.6. The molecule has 0 radical (unpaired) electrons.